The molecule has 2 heterocycles. The van der Waals surface area contributed by atoms with Crippen LogP contribution in [0.1, 0.15) is 38.1 Å². The fourth-order valence-corrected chi connectivity index (χ4v) is 3.37. The van der Waals surface area contributed by atoms with Crippen molar-refractivity contribution in [3.05, 3.63) is 47.8 Å². The first-order chi connectivity index (χ1) is 12.3. The van der Waals surface area contributed by atoms with Crippen LogP contribution in [0.15, 0.2) is 36.5 Å². The maximum absolute atomic E-state index is 13.0. The Morgan fingerprint density at radius 2 is 1.85 bits per heavy atom. The predicted molar refractivity (Wildman–Crippen MR) is 101 cm³/mol. The summed E-state index contributed by atoms with van der Waals surface area (Å²) in [6, 6.07) is 9.67. The van der Waals surface area contributed by atoms with E-state index in [4.69, 9.17) is 9.47 Å². The van der Waals surface area contributed by atoms with Crippen LogP contribution in [0.5, 0.6) is 11.5 Å². The molecule has 1 aromatic carbocycles. The fraction of sp³-hybridized carbons (Fsp3) is 0.450. The highest BCUT2D eigenvalue weighted by molar-refractivity contribution is 5.76. The standard InChI is InChI=1S/C20H27N3O3/c1-20(2,3)21-19(24)23-12-11-22-10-6-7-15(22)18(23)14-8-9-16(25-4)17(13-14)26-5/h6-10,13,18H,11-12H2,1-5H3,(H,21,24). The quantitative estimate of drug-likeness (QED) is 0.916. The summed E-state index contributed by atoms with van der Waals surface area (Å²) >= 11 is 0. The summed E-state index contributed by atoms with van der Waals surface area (Å²) in [7, 11) is 3.24. The maximum atomic E-state index is 13.0. The van der Waals surface area contributed by atoms with Gasteiger partial charge in [0, 0.05) is 30.5 Å². The van der Waals surface area contributed by atoms with Gasteiger partial charge in [0.2, 0.25) is 0 Å². The number of nitrogens with zero attached hydrogens (tertiary/aromatic N) is 2. The van der Waals surface area contributed by atoms with Crippen LogP contribution >= 0.6 is 0 Å². The second kappa shape index (κ2) is 6.94. The summed E-state index contributed by atoms with van der Waals surface area (Å²) in [5.74, 6) is 1.33. The first-order valence-corrected chi connectivity index (χ1v) is 8.80. The van der Waals surface area contributed by atoms with E-state index >= 15 is 0 Å². The van der Waals surface area contributed by atoms with Crippen molar-refractivity contribution in [1.29, 1.82) is 0 Å². The minimum Gasteiger partial charge on any atom is -0.493 e. The van der Waals surface area contributed by atoms with E-state index in [0.717, 1.165) is 17.8 Å². The molecule has 6 heteroatoms. The third-order valence-corrected chi connectivity index (χ3v) is 4.50. The lowest BCUT2D eigenvalue weighted by molar-refractivity contribution is 0.160. The highest BCUT2D eigenvalue weighted by Crippen LogP contribution is 2.37. The third-order valence-electron chi connectivity index (χ3n) is 4.50. The number of carbonyl (C=O) groups is 1. The number of rotatable bonds is 3. The molecule has 1 N–H and O–H groups in total. The molecule has 1 aliphatic rings. The van der Waals surface area contributed by atoms with Gasteiger partial charge >= 0.3 is 6.03 Å². The molecule has 0 spiro atoms. The Labute approximate surface area is 154 Å². The number of ether oxygens (including phenoxy) is 2. The monoisotopic (exact) mass is 357 g/mol. The van der Waals surface area contributed by atoms with Crippen molar-refractivity contribution in [3.8, 4) is 11.5 Å². The van der Waals surface area contributed by atoms with Crippen LogP contribution in [0.25, 0.3) is 0 Å². The van der Waals surface area contributed by atoms with Crippen molar-refractivity contribution in [1.82, 2.24) is 14.8 Å². The largest absolute Gasteiger partial charge is 0.493 e. The summed E-state index contributed by atoms with van der Waals surface area (Å²) in [6.45, 7) is 7.39. The molecule has 1 aromatic heterocycles. The van der Waals surface area contributed by atoms with Crippen molar-refractivity contribution in [2.75, 3.05) is 20.8 Å². The number of aromatic nitrogens is 1. The molecule has 2 aromatic rings. The molecular formula is C20H27N3O3. The first-order valence-electron chi connectivity index (χ1n) is 8.80. The molecule has 1 unspecified atom stereocenters. The van der Waals surface area contributed by atoms with E-state index in [2.05, 4.69) is 22.1 Å². The van der Waals surface area contributed by atoms with Crippen LogP contribution in [0.2, 0.25) is 0 Å². The Morgan fingerprint density at radius 3 is 2.50 bits per heavy atom. The summed E-state index contributed by atoms with van der Waals surface area (Å²) < 4.78 is 13.0. The van der Waals surface area contributed by atoms with Crippen LogP contribution in [-0.2, 0) is 6.54 Å². The van der Waals surface area contributed by atoms with Crippen LogP contribution in [0.4, 0.5) is 4.79 Å². The average Bonchev–Trinajstić information content (AvgIpc) is 3.07. The Hall–Kier alpha value is -2.63. The molecule has 0 radical (unpaired) electrons. The lowest BCUT2D eigenvalue weighted by atomic mass is 9.99. The minimum absolute atomic E-state index is 0.0651. The average molecular weight is 357 g/mol. The van der Waals surface area contributed by atoms with E-state index in [9.17, 15) is 4.79 Å². The number of nitrogens with one attached hydrogen (secondary N) is 1. The molecule has 1 atom stereocenters. The molecule has 0 saturated heterocycles. The van der Waals surface area contributed by atoms with Gasteiger partial charge in [0.25, 0.3) is 0 Å². The van der Waals surface area contributed by atoms with Crippen LogP contribution in [-0.4, -0.2) is 41.8 Å². The molecular weight excluding hydrogens is 330 g/mol. The van der Waals surface area contributed by atoms with Crippen LogP contribution in [0, 0.1) is 0 Å². The number of methoxy groups -OCH3 is 2. The zero-order valence-electron chi connectivity index (χ0n) is 16.1. The van der Waals surface area contributed by atoms with Gasteiger partial charge in [-0.15, -0.1) is 0 Å². The lowest BCUT2D eigenvalue weighted by Crippen LogP contribution is -2.52. The molecule has 0 fully saturated rings. The van der Waals surface area contributed by atoms with Gasteiger partial charge < -0.3 is 24.3 Å². The Morgan fingerprint density at radius 1 is 1.12 bits per heavy atom. The van der Waals surface area contributed by atoms with E-state index in [1.54, 1.807) is 14.2 Å². The van der Waals surface area contributed by atoms with Crippen molar-refractivity contribution in [2.24, 2.45) is 0 Å². The van der Waals surface area contributed by atoms with E-state index in [-0.39, 0.29) is 17.6 Å². The van der Waals surface area contributed by atoms with E-state index in [1.165, 1.54) is 0 Å². The highest BCUT2D eigenvalue weighted by Gasteiger charge is 2.33. The first kappa shape index (κ1) is 18.2. The van der Waals surface area contributed by atoms with Crippen molar-refractivity contribution < 1.29 is 14.3 Å². The van der Waals surface area contributed by atoms with Gasteiger partial charge in [-0.2, -0.15) is 0 Å². The van der Waals surface area contributed by atoms with Gasteiger partial charge in [-0.3, -0.25) is 0 Å². The van der Waals surface area contributed by atoms with Gasteiger partial charge in [-0.05, 0) is 50.6 Å². The summed E-state index contributed by atoms with van der Waals surface area (Å²) in [5.41, 5.74) is 1.79. The molecule has 0 saturated carbocycles. The number of carbonyl (C=O) groups excluding carboxylic acids is 1. The second-order valence-corrected chi connectivity index (χ2v) is 7.52. The normalized spacial score (nSPS) is 16.8. The molecule has 1 aliphatic heterocycles. The lowest BCUT2D eigenvalue weighted by Gasteiger charge is -2.39. The number of fused-ring (bicyclic) bond motifs is 1. The zero-order chi connectivity index (χ0) is 18.9. The topological polar surface area (TPSA) is 55.7 Å². The molecule has 26 heavy (non-hydrogen) atoms. The van der Waals surface area contributed by atoms with E-state index in [0.29, 0.717) is 18.0 Å². The van der Waals surface area contributed by atoms with Gasteiger partial charge in [0.05, 0.1) is 20.3 Å². The SMILES string of the molecule is COc1ccc(C2c3cccn3CCN2C(=O)NC(C)(C)C)cc1OC. The summed E-state index contributed by atoms with van der Waals surface area (Å²) in [4.78, 5) is 14.8. The Balaban J connectivity index is 2.03. The summed E-state index contributed by atoms with van der Waals surface area (Å²) in [6.07, 6.45) is 2.06. The van der Waals surface area contributed by atoms with Crippen molar-refractivity contribution >= 4 is 6.03 Å². The summed E-state index contributed by atoms with van der Waals surface area (Å²) in [5, 5.41) is 3.08. The number of urea groups is 1. The number of benzene rings is 1. The van der Waals surface area contributed by atoms with Crippen LogP contribution in [0.3, 0.4) is 0 Å². The molecule has 2 amide bonds. The van der Waals surface area contributed by atoms with Gasteiger partial charge in [0.1, 0.15) is 0 Å². The molecule has 0 aliphatic carbocycles. The predicted octanol–water partition coefficient (Wildman–Crippen LogP) is 3.42. The number of hydrogen-bond acceptors (Lipinski definition) is 3. The third kappa shape index (κ3) is 3.49. The maximum Gasteiger partial charge on any atom is 0.318 e. The second-order valence-electron chi connectivity index (χ2n) is 7.52. The molecule has 3 rings (SSSR count). The fourth-order valence-electron chi connectivity index (χ4n) is 3.37. The Bertz CT molecular complexity index is 792. The minimum atomic E-state index is -0.293. The van der Waals surface area contributed by atoms with Gasteiger partial charge in [-0.25, -0.2) is 4.79 Å². The smallest absolute Gasteiger partial charge is 0.318 e. The van der Waals surface area contributed by atoms with E-state index in [1.807, 2.05) is 49.9 Å². The Kier molecular flexibility index (Phi) is 4.85. The zero-order valence-corrected chi connectivity index (χ0v) is 16.1. The molecule has 0 bridgehead atoms. The van der Waals surface area contributed by atoms with Crippen molar-refractivity contribution in [2.45, 2.75) is 38.9 Å². The molecule has 6 nitrogen and oxygen atoms in total. The van der Waals surface area contributed by atoms with Crippen LogP contribution < -0.4 is 14.8 Å². The highest BCUT2D eigenvalue weighted by atomic mass is 16.5. The number of hydrogen-bond donors (Lipinski definition) is 1. The van der Waals surface area contributed by atoms with E-state index < -0.39 is 0 Å². The number of amides is 2. The van der Waals surface area contributed by atoms with Crippen molar-refractivity contribution in [3.63, 3.8) is 0 Å². The van der Waals surface area contributed by atoms with Gasteiger partial charge in [0.15, 0.2) is 11.5 Å². The molecule has 140 valence electrons. The van der Waals surface area contributed by atoms with Gasteiger partial charge in [-0.1, -0.05) is 6.07 Å².